The van der Waals surface area contributed by atoms with E-state index in [1.54, 1.807) is 48.5 Å². The first-order valence-electron chi connectivity index (χ1n) is 9.49. The number of nitrogens with zero attached hydrogens (tertiary/aromatic N) is 2. The number of carbonyl (C=O) groups excluding carboxylic acids is 1. The third-order valence-electron chi connectivity index (χ3n) is 4.59. The molecule has 1 amide bonds. The summed E-state index contributed by atoms with van der Waals surface area (Å²) >= 11 is 0. The number of aromatic nitrogens is 2. The number of ether oxygens (including phenoxy) is 1. The van der Waals surface area contributed by atoms with Crippen LogP contribution in [0.5, 0.6) is 5.75 Å². The molecule has 1 N–H and O–H groups in total. The Balaban J connectivity index is 1.82. The molecule has 6 nitrogen and oxygen atoms in total. The molecule has 0 fully saturated rings. The molecule has 0 aliphatic heterocycles. The Kier molecular flexibility index (Phi) is 5.44. The molecule has 0 aliphatic carbocycles. The van der Waals surface area contributed by atoms with Gasteiger partial charge in [0.2, 0.25) is 0 Å². The lowest BCUT2D eigenvalue weighted by Crippen LogP contribution is -2.26. The van der Waals surface area contributed by atoms with Crippen molar-refractivity contribution < 1.29 is 18.3 Å². The van der Waals surface area contributed by atoms with Crippen LogP contribution in [0, 0.1) is 11.6 Å². The summed E-state index contributed by atoms with van der Waals surface area (Å²) in [5, 5.41) is 7.22. The first kappa shape index (κ1) is 20.2. The fraction of sp³-hybridized carbons (Fsp3) is 0.0870. The first-order chi connectivity index (χ1) is 15.0. The predicted molar refractivity (Wildman–Crippen MR) is 113 cm³/mol. The Hall–Kier alpha value is -4.07. The monoisotopic (exact) mass is 421 g/mol. The second-order valence-electron chi connectivity index (χ2n) is 6.62. The van der Waals surface area contributed by atoms with Crippen LogP contribution in [-0.2, 0) is 0 Å². The normalized spacial score (nSPS) is 10.8. The zero-order valence-electron chi connectivity index (χ0n) is 16.4. The van der Waals surface area contributed by atoms with Crippen molar-refractivity contribution in [3.05, 3.63) is 94.4 Å². The van der Waals surface area contributed by atoms with Crippen molar-refractivity contribution in [1.82, 2.24) is 9.78 Å². The average molecular weight is 421 g/mol. The largest absolute Gasteiger partial charge is 0.494 e. The highest BCUT2D eigenvalue weighted by Gasteiger charge is 2.19. The Morgan fingerprint density at radius 1 is 1.03 bits per heavy atom. The maximum atomic E-state index is 14.0. The molecule has 156 valence electrons. The predicted octanol–water partition coefficient (Wildman–Crippen LogP) is 4.31. The maximum absolute atomic E-state index is 14.0. The van der Waals surface area contributed by atoms with Crippen LogP contribution < -0.4 is 15.6 Å². The van der Waals surface area contributed by atoms with E-state index in [0.717, 1.165) is 16.8 Å². The van der Waals surface area contributed by atoms with Crippen LogP contribution in [-0.4, -0.2) is 22.3 Å². The van der Waals surface area contributed by atoms with E-state index in [9.17, 15) is 18.4 Å². The number of amides is 1. The molecule has 0 spiro atoms. The van der Waals surface area contributed by atoms with Crippen LogP contribution in [0.1, 0.15) is 17.4 Å². The Morgan fingerprint density at radius 2 is 1.74 bits per heavy atom. The fourth-order valence-corrected chi connectivity index (χ4v) is 3.15. The highest BCUT2D eigenvalue weighted by atomic mass is 19.1. The van der Waals surface area contributed by atoms with E-state index < -0.39 is 23.1 Å². The minimum atomic E-state index is -0.919. The molecule has 8 heteroatoms. The lowest BCUT2D eigenvalue weighted by molar-refractivity contribution is 0.102. The van der Waals surface area contributed by atoms with Crippen molar-refractivity contribution in [3.63, 3.8) is 0 Å². The molecule has 0 bridgehead atoms. The molecule has 0 atom stereocenters. The Labute approximate surface area is 175 Å². The van der Waals surface area contributed by atoms with Crippen molar-refractivity contribution >= 4 is 22.4 Å². The second-order valence-corrected chi connectivity index (χ2v) is 6.62. The summed E-state index contributed by atoms with van der Waals surface area (Å²) in [6, 6.07) is 16.0. The Morgan fingerprint density at radius 3 is 2.42 bits per heavy atom. The number of nitrogens with one attached hydrogen (secondary N) is 1. The summed E-state index contributed by atoms with van der Waals surface area (Å²) in [5.41, 5.74) is -0.255. The molecule has 0 saturated heterocycles. The molecule has 1 heterocycles. The van der Waals surface area contributed by atoms with Crippen molar-refractivity contribution in [1.29, 1.82) is 0 Å². The average Bonchev–Trinajstić information content (AvgIpc) is 2.77. The summed E-state index contributed by atoms with van der Waals surface area (Å²) in [5.74, 6) is -1.79. The number of anilines is 1. The van der Waals surface area contributed by atoms with Crippen molar-refractivity contribution in [2.24, 2.45) is 0 Å². The van der Waals surface area contributed by atoms with Crippen molar-refractivity contribution in [2.45, 2.75) is 6.92 Å². The summed E-state index contributed by atoms with van der Waals surface area (Å²) in [7, 11) is 0. The van der Waals surface area contributed by atoms with Gasteiger partial charge in [0.15, 0.2) is 5.69 Å². The number of hydrogen-bond donors (Lipinski definition) is 1. The van der Waals surface area contributed by atoms with Crippen LogP contribution in [0.3, 0.4) is 0 Å². The van der Waals surface area contributed by atoms with Gasteiger partial charge in [0, 0.05) is 11.5 Å². The molecule has 1 aromatic heterocycles. The van der Waals surface area contributed by atoms with E-state index in [2.05, 4.69) is 10.4 Å². The molecule has 4 rings (SSSR count). The molecule has 0 saturated carbocycles. The smallest absolute Gasteiger partial charge is 0.279 e. The summed E-state index contributed by atoms with van der Waals surface area (Å²) in [4.78, 5) is 25.9. The minimum absolute atomic E-state index is 0.0761. The third-order valence-corrected chi connectivity index (χ3v) is 4.59. The lowest BCUT2D eigenvalue weighted by atomic mass is 10.1. The number of rotatable bonds is 5. The highest BCUT2D eigenvalue weighted by molar-refractivity contribution is 6.11. The molecule has 3 aromatic carbocycles. The van der Waals surface area contributed by atoms with E-state index in [0.29, 0.717) is 29.5 Å². The third kappa shape index (κ3) is 4.00. The second kappa shape index (κ2) is 8.35. The standard InChI is InChI=1S/C23H17F2N3O3/c1-2-31-16-10-8-15(9-11-16)28-23(30)18-6-4-3-5-17(18)21(27-28)22(29)26-20-12-7-14(24)13-19(20)25/h3-13H,2H2,1H3,(H,26,29). The van der Waals surface area contributed by atoms with Gasteiger partial charge in [-0.1, -0.05) is 18.2 Å². The van der Waals surface area contributed by atoms with Gasteiger partial charge in [-0.05, 0) is 49.4 Å². The van der Waals surface area contributed by atoms with Gasteiger partial charge in [0.25, 0.3) is 11.5 Å². The van der Waals surface area contributed by atoms with Crippen LogP contribution in [0.4, 0.5) is 14.5 Å². The van der Waals surface area contributed by atoms with E-state index in [4.69, 9.17) is 4.74 Å². The minimum Gasteiger partial charge on any atom is -0.494 e. The van der Waals surface area contributed by atoms with E-state index in [1.807, 2.05) is 6.92 Å². The molecule has 31 heavy (non-hydrogen) atoms. The lowest BCUT2D eigenvalue weighted by Gasteiger charge is -2.12. The molecular weight excluding hydrogens is 404 g/mol. The first-order valence-corrected chi connectivity index (χ1v) is 9.49. The van der Waals surface area contributed by atoms with Gasteiger partial charge in [-0.25, -0.2) is 8.78 Å². The van der Waals surface area contributed by atoms with E-state index in [-0.39, 0.29) is 16.8 Å². The van der Waals surface area contributed by atoms with Gasteiger partial charge < -0.3 is 10.1 Å². The number of fused-ring (bicyclic) bond motifs is 1. The number of halogens is 2. The van der Waals surface area contributed by atoms with Gasteiger partial charge in [0.05, 0.1) is 23.4 Å². The zero-order valence-corrected chi connectivity index (χ0v) is 16.4. The van der Waals surface area contributed by atoms with Gasteiger partial charge >= 0.3 is 0 Å². The SMILES string of the molecule is CCOc1ccc(-n2nc(C(=O)Nc3ccc(F)cc3F)c3ccccc3c2=O)cc1. The number of benzene rings is 3. The van der Waals surface area contributed by atoms with Crippen LogP contribution >= 0.6 is 0 Å². The van der Waals surface area contributed by atoms with Gasteiger partial charge in [-0.3, -0.25) is 9.59 Å². The summed E-state index contributed by atoms with van der Waals surface area (Å²) in [6.07, 6.45) is 0. The highest BCUT2D eigenvalue weighted by Crippen LogP contribution is 2.20. The summed E-state index contributed by atoms with van der Waals surface area (Å²) < 4.78 is 33.7. The molecule has 4 aromatic rings. The topological polar surface area (TPSA) is 73.2 Å². The Bertz CT molecular complexity index is 1330. The van der Waals surface area contributed by atoms with Crippen molar-refractivity contribution in [2.75, 3.05) is 11.9 Å². The molecule has 0 aliphatic rings. The molecule has 0 radical (unpaired) electrons. The maximum Gasteiger partial charge on any atom is 0.279 e. The summed E-state index contributed by atoms with van der Waals surface area (Å²) in [6.45, 7) is 2.36. The van der Waals surface area contributed by atoms with Gasteiger partial charge in [0.1, 0.15) is 17.4 Å². The van der Waals surface area contributed by atoms with E-state index >= 15 is 0 Å². The van der Waals surface area contributed by atoms with Gasteiger partial charge in [-0.2, -0.15) is 9.78 Å². The molecular formula is C23H17F2N3O3. The van der Waals surface area contributed by atoms with E-state index in [1.165, 1.54) is 0 Å². The number of hydrogen-bond acceptors (Lipinski definition) is 4. The molecule has 0 unspecified atom stereocenters. The van der Waals surface area contributed by atoms with Crippen LogP contribution in [0.15, 0.2) is 71.5 Å². The van der Waals surface area contributed by atoms with Crippen LogP contribution in [0.2, 0.25) is 0 Å². The fourth-order valence-electron chi connectivity index (χ4n) is 3.15. The van der Waals surface area contributed by atoms with Crippen molar-refractivity contribution in [3.8, 4) is 11.4 Å². The number of carbonyl (C=O) groups is 1. The zero-order chi connectivity index (χ0) is 22.0. The van der Waals surface area contributed by atoms with Gasteiger partial charge in [-0.15, -0.1) is 0 Å². The van der Waals surface area contributed by atoms with Crippen LogP contribution in [0.25, 0.3) is 16.5 Å². The quantitative estimate of drug-likeness (QED) is 0.521.